The molecule has 1 aromatic rings. The van der Waals surface area contributed by atoms with Crippen molar-refractivity contribution in [2.24, 2.45) is 23.7 Å². The monoisotopic (exact) mass is 278 g/mol. The summed E-state index contributed by atoms with van der Waals surface area (Å²) in [5.74, 6) is 3.46. The number of non-ortho nitro benzene ring substituents is 1. The van der Waals surface area contributed by atoms with Crippen molar-refractivity contribution in [3.8, 4) is 0 Å². The Morgan fingerprint density at radius 3 is 2.53 bits per heavy atom. The highest BCUT2D eigenvalue weighted by atomic mass is 35.5. The maximum Gasteiger partial charge on any atom is 0.271 e. The van der Waals surface area contributed by atoms with Crippen molar-refractivity contribution in [1.29, 1.82) is 0 Å². The molecule has 0 aromatic heterocycles. The third-order valence-corrected chi connectivity index (χ3v) is 5.53. The second-order valence-electron chi connectivity index (χ2n) is 6.08. The summed E-state index contributed by atoms with van der Waals surface area (Å²) in [6, 6.07) is 5.22. The van der Waals surface area contributed by atoms with Crippen molar-refractivity contribution in [1.82, 2.24) is 0 Å². The van der Waals surface area contributed by atoms with Crippen LogP contribution in [0.1, 0.15) is 19.3 Å². The van der Waals surface area contributed by atoms with Crippen LogP contribution in [0.4, 0.5) is 11.4 Å². The van der Waals surface area contributed by atoms with Crippen molar-refractivity contribution < 1.29 is 4.92 Å². The van der Waals surface area contributed by atoms with E-state index in [9.17, 15) is 10.1 Å². The van der Waals surface area contributed by atoms with Gasteiger partial charge in [-0.2, -0.15) is 0 Å². The fourth-order valence-electron chi connectivity index (χ4n) is 4.43. The van der Waals surface area contributed by atoms with E-state index in [0.29, 0.717) is 11.1 Å². The molecule has 4 unspecified atom stereocenters. The summed E-state index contributed by atoms with van der Waals surface area (Å²) in [7, 11) is 0. The first-order chi connectivity index (χ1) is 9.15. The van der Waals surface area contributed by atoms with Crippen molar-refractivity contribution in [3.63, 3.8) is 0 Å². The molecule has 4 atom stereocenters. The molecule has 2 bridgehead atoms. The molecule has 3 fully saturated rings. The summed E-state index contributed by atoms with van der Waals surface area (Å²) in [6.45, 7) is 0. The highest BCUT2D eigenvalue weighted by molar-refractivity contribution is 6.33. The van der Waals surface area contributed by atoms with Crippen LogP contribution in [-0.4, -0.2) is 11.0 Å². The van der Waals surface area contributed by atoms with E-state index in [1.165, 1.54) is 31.4 Å². The average molecular weight is 279 g/mol. The number of nitro benzene ring substituents is 1. The number of hydrogen-bond acceptors (Lipinski definition) is 3. The van der Waals surface area contributed by atoms with Gasteiger partial charge in [0.15, 0.2) is 0 Å². The fraction of sp³-hybridized carbons (Fsp3) is 0.571. The first-order valence-corrected chi connectivity index (χ1v) is 7.23. The average Bonchev–Trinajstić information content (AvgIpc) is 2.79. The molecular formula is C14H15ClN2O2. The summed E-state index contributed by atoms with van der Waals surface area (Å²) in [4.78, 5) is 10.3. The lowest BCUT2D eigenvalue weighted by molar-refractivity contribution is -0.384. The minimum Gasteiger partial charge on any atom is -0.380 e. The molecular weight excluding hydrogens is 264 g/mol. The van der Waals surface area contributed by atoms with E-state index in [4.69, 9.17) is 11.6 Å². The van der Waals surface area contributed by atoms with Crippen LogP contribution in [0.3, 0.4) is 0 Å². The van der Waals surface area contributed by atoms with Gasteiger partial charge in [0.25, 0.3) is 5.69 Å². The second kappa shape index (κ2) is 3.85. The summed E-state index contributed by atoms with van der Waals surface area (Å²) >= 11 is 6.12. The molecule has 3 aliphatic carbocycles. The Kier molecular flexibility index (Phi) is 2.34. The van der Waals surface area contributed by atoms with Crippen LogP contribution in [-0.2, 0) is 0 Å². The van der Waals surface area contributed by atoms with Crippen molar-refractivity contribution in [2.45, 2.75) is 25.3 Å². The van der Waals surface area contributed by atoms with Crippen molar-refractivity contribution in [2.75, 3.05) is 5.32 Å². The van der Waals surface area contributed by atoms with Gasteiger partial charge in [0.05, 0.1) is 15.6 Å². The molecule has 5 heteroatoms. The maximum absolute atomic E-state index is 10.7. The van der Waals surface area contributed by atoms with Crippen LogP contribution in [0.15, 0.2) is 18.2 Å². The first kappa shape index (κ1) is 11.5. The topological polar surface area (TPSA) is 55.2 Å². The number of nitro groups is 1. The summed E-state index contributed by atoms with van der Waals surface area (Å²) in [5, 5.41) is 14.6. The third kappa shape index (κ3) is 1.66. The van der Waals surface area contributed by atoms with Gasteiger partial charge in [-0.15, -0.1) is 0 Å². The molecule has 1 aromatic carbocycles. The van der Waals surface area contributed by atoms with Crippen LogP contribution >= 0.6 is 11.6 Å². The van der Waals surface area contributed by atoms with Gasteiger partial charge in [-0.1, -0.05) is 11.6 Å². The lowest BCUT2D eigenvalue weighted by atomic mass is 10.0. The largest absolute Gasteiger partial charge is 0.380 e. The van der Waals surface area contributed by atoms with E-state index in [-0.39, 0.29) is 5.69 Å². The molecule has 19 heavy (non-hydrogen) atoms. The number of anilines is 1. The Labute approximate surface area is 116 Å². The minimum absolute atomic E-state index is 0.0478. The molecule has 3 saturated carbocycles. The van der Waals surface area contributed by atoms with Gasteiger partial charge in [0.2, 0.25) is 0 Å². The van der Waals surface area contributed by atoms with Crippen molar-refractivity contribution in [3.05, 3.63) is 33.3 Å². The summed E-state index contributed by atoms with van der Waals surface area (Å²) < 4.78 is 0. The van der Waals surface area contributed by atoms with Crippen LogP contribution in [0, 0.1) is 33.8 Å². The van der Waals surface area contributed by atoms with E-state index < -0.39 is 4.92 Å². The van der Waals surface area contributed by atoms with Gasteiger partial charge < -0.3 is 5.32 Å². The van der Waals surface area contributed by atoms with E-state index >= 15 is 0 Å². The number of halogens is 1. The van der Waals surface area contributed by atoms with Crippen molar-refractivity contribution >= 4 is 23.0 Å². The predicted octanol–water partition coefficient (Wildman–Crippen LogP) is 3.70. The molecule has 0 saturated heterocycles. The summed E-state index contributed by atoms with van der Waals surface area (Å²) in [5.41, 5.74) is 0.887. The molecule has 1 N–H and O–H groups in total. The Bertz CT molecular complexity index is 546. The zero-order valence-corrected chi connectivity index (χ0v) is 11.1. The number of rotatable bonds is 3. The van der Waals surface area contributed by atoms with Gasteiger partial charge in [0.1, 0.15) is 0 Å². The van der Waals surface area contributed by atoms with Crippen LogP contribution < -0.4 is 5.32 Å². The van der Waals surface area contributed by atoms with Crippen LogP contribution in [0.25, 0.3) is 0 Å². The molecule has 4 nitrogen and oxygen atoms in total. The minimum atomic E-state index is -0.415. The van der Waals surface area contributed by atoms with E-state index in [1.807, 2.05) is 0 Å². The lowest BCUT2D eigenvalue weighted by Crippen LogP contribution is -2.13. The third-order valence-electron chi connectivity index (χ3n) is 5.22. The van der Waals surface area contributed by atoms with Crippen LogP contribution in [0.2, 0.25) is 5.02 Å². The number of fused-ring (bicyclic) bond motifs is 5. The van der Waals surface area contributed by atoms with E-state index in [2.05, 4.69) is 5.32 Å². The zero-order valence-electron chi connectivity index (χ0n) is 10.4. The Balaban J connectivity index is 1.51. The quantitative estimate of drug-likeness (QED) is 0.677. The Morgan fingerprint density at radius 1 is 1.26 bits per heavy atom. The van der Waals surface area contributed by atoms with Gasteiger partial charge >= 0.3 is 0 Å². The van der Waals surface area contributed by atoms with Gasteiger partial charge in [-0.05, 0) is 49.0 Å². The van der Waals surface area contributed by atoms with Crippen LogP contribution in [0.5, 0.6) is 0 Å². The van der Waals surface area contributed by atoms with Gasteiger partial charge in [0, 0.05) is 18.2 Å². The molecule has 0 amide bonds. The number of hydrogen-bond donors (Lipinski definition) is 1. The molecule has 0 radical (unpaired) electrons. The SMILES string of the molecule is O=[N+]([O-])c1ccc(NC2C3C4CCC(C4)C23)c(Cl)c1. The Hall–Kier alpha value is -1.29. The molecule has 0 spiro atoms. The molecule has 0 aliphatic heterocycles. The zero-order chi connectivity index (χ0) is 13.1. The highest BCUT2D eigenvalue weighted by Gasteiger charge is 2.65. The smallest absolute Gasteiger partial charge is 0.271 e. The predicted molar refractivity (Wildman–Crippen MR) is 73.3 cm³/mol. The standard InChI is InChI=1S/C14H15ClN2O2/c15-10-6-9(17(18)19)3-4-11(10)16-14-12-7-1-2-8(5-7)13(12)14/h3-4,6-8,12-14,16H,1-2,5H2. The number of nitrogens with zero attached hydrogens (tertiary/aromatic N) is 1. The molecule has 4 rings (SSSR count). The molecule has 0 heterocycles. The molecule has 3 aliphatic rings. The van der Waals surface area contributed by atoms with E-state index in [0.717, 1.165) is 29.4 Å². The van der Waals surface area contributed by atoms with Gasteiger partial charge in [-0.3, -0.25) is 10.1 Å². The highest BCUT2D eigenvalue weighted by Crippen LogP contribution is 2.66. The Morgan fingerprint density at radius 2 is 1.95 bits per heavy atom. The second-order valence-corrected chi connectivity index (χ2v) is 6.49. The normalized spacial score (nSPS) is 38.1. The maximum atomic E-state index is 10.7. The number of benzene rings is 1. The first-order valence-electron chi connectivity index (χ1n) is 6.85. The van der Waals surface area contributed by atoms with E-state index in [1.54, 1.807) is 6.07 Å². The lowest BCUT2D eigenvalue weighted by Gasteiger charge is -2.12. The fourth-order valence-corrected chi connectivity index (χ4v) is 4.66. The van der Waals surface area contributed by atoms with Gasteiger partial charge in [-0.25, -0.2) is 0 Å². The molecule has 100 valence electrons. The summed E-state index contributed by atoms with van der Waals surface area (Å²) in [6.07, 6.45) is 4.19. The number of nitrogens with one attached hydrogen (secondary N) is 1.